The average Bonchev–Trinajstić information content (AvgIpc) is 2.97. The fourth-order valence-corrected chi connectivity index (χ4v) is 1.84. The number of aryl methyl sites for hydroxylation is 1. The molecule has 0 saturated carbocycles. The normalized spacial score (nSPS) is 10.8. The molecule has 3 heterocycles. The summed E-state index contributed by atoms with van der Waals surface area (Å²) in [4.78, 5) is 8.24. The summed E-state index contributed by atoms with van der Waals surface area (Å²) in [6.45, 7) is 3.68. The number of nitrogens with one attached hydrogen (secondary N) is 1. The van der Waals surface area contributed by atoms with Gasteiger partial charge in [-0.25, -0.2) is 4.98 Å². The third-order valence-corrected chi connectivity index (χ3v) is 2.82. The zero-order valence-electron chi connectivity index (χ0n) is 10.5. The maximum Gasteiger partial charge on any atom is 0.223 e. The maximum absolute atomic E-state index is 5.57. The molecule has 0 aliphatic heterocycles. The molecule has 0 atom stereocenters. The largest absolute Gasteiger partial charge is 0.384 e. The zero-order valence-corrected chi connectivity index (χ0v) is 10.5. The van der Waals surface area contributed by atoms with Crippen LogP contribution in [-0.2, 0) is 0 Å². The molecular weight excluding hydrogens is 244 g/mol. The lowest BCUT2D eigenvalue weighted by Crippen LogP contribution is -1.90. The Hall–Kier alpha value is -2.70. The lowest BCUT2D eigenvalue weighted by molar-refractivity contribution is 0.394. The number of pyridine rings is 1. The van der Waals surface area contributed by atoms with E-state index < -0.39 is 0 Å². The molecule has 0 amide bonds. The molecule has 0 aliphatic rings. The first-order valence-electron chi connectivity index (χ1n) is 5.72. The van der Waals surface area contributed by atoms with Gasteiger partial charge in [0.25, 0.3) is 0 Å². The predicted octanol–water partition coefficient (Wildman–Crippen LogP) is 1.72. The van der Waals surface area contributed by atoms with Gasteiger partial charge in [-0.1, -0.05) is 5.16 Å². The Morgan fingerprint density at radius 2 is 2.11 bits per heavy atom. The quantitative estimate of drug-likeness (QED) is 0.723. The highest BCUT2D eigenvalue weighted by atomic mass is 16.5. The highest BCUT2D eigenvalue weighted by molar-refractivity contribution is 5.70. The molecule has 0 spiro atoms. The number of hydrogen-bond donors (Lipinski definition) is 2. The summed E-state index contributed by atoms with van der Waals surface area (Å²) >= 11 is 0. The number of H-pyrrole nitrogens is 1. The molecule has 3 rings (SSSR count). The molecule has 0 fully saturated rings. The SMILES string of the molecule is Cc1nc(-c2[nH]nc(-c3ccc(N)nc3)c2C)no1. The molecule has 0 radical (unpaired) electrons. The second-order valence-electron chi connectivity index (χ2n) is 4.18. The number of anilines is 1. The van der Waals surface area contributed by atoms with Crippen molar-refractivity contribution in [1.29, 1.82) is 0 Å². The molecule has 3 aromatic heterocycles. The van der Waals surface area contributed by atoms with E-state index in [9.17, 15) is 0 Å². The molecule has 7 nitrogen and oxygen atoms in total. The number of rotatable bonds is 2. The Balaban J connectivity index is 2.06. The Bertz CT molecular complexity index is 712. The van der Waals surface area contributed by atoms with Crippen molar-refractivity contribution in [1.82, 2.24) is 25.3 Å². The van der Waals surface area contributed by atoms with Gasteiger partial charge in [0.2, 0.25) is 11.7 Å². The van der Waals surface area contributed by atoms with Crippen LogP contribution in [0.15, 0.2) is 22.9 Å². The summed E-state index contributed by atoms with van der Waals surface area (Å²) in [6.07, 6.45) is 1.68. The van der Waals surface area contributed by atoms with Crippen molar-refractivity contribution in [2.75, 3.05) is 5.73 Å². The molecule has 3 aromatic rings. The minimum atomic E-state index is 0.478. The van der Waals surface area contributed by atoms with Gasteiger partial charge in [-0.2, -0.15) is 10.1 Å². The first-order chi connectivity index (χ1) is 9.15. The maximum atomic E-state index is 5.57. The highest BCUT2D eigenvalue weighted by Gasteiger charge is 2.16. The van der Waals surface area contributed by atoms with E-state index in [4.69, 9.17) is 10.3 Å². The number of aromatic amines is 1. The van der Waals surface area contributed by atoms with Gasteiger partial charge in [-0.05, 0) is 19.1 Å². The molecule has 0 aromatic carbocycles. The van der Waals surface area contributed by atoms with Crippen molar-refractivity contribution >= 4 is 5.82 Å². The van der Waals surface area contributed by atoms with Crippen molar-refractivity contribution in [2.24, 2.45) is 0 Å². The topological polar surface area (TPSA) is 107 Å². The summed E-state index contributed by atoms with van der Waals surface area (Å²) in [5.41, 5.74) is 8.93. The molecule has 3 N–H and O–H groups in total. The molecular formula is C12H12N6O. The Morgan fingerprint density at radius 1 is 1.26 bits per heavy atom. The molecule has 19 heavy (non-hydrogen) atoms. The van der Waals surface area contributed by atoms with Gasteiger partial charge in [0, 0.05) is 24.2 Å². The summed E-state index contributed by atoms with van der Waals surface area (Å²) in [5, 5.41) is 11.1. The van der Waals surface area contributed by atoms with E-state index in [0.717, 1.165) is 22.5 Å². The number of aromatic nitrogens is 5. The average molecular weight is 256 g/mol. The molecule has 96 valence electrons. The molecule has 0 bridgehead atoms. The Labute approximate surface area is 108 Å². The highest BCUT2D eigenvalue weighted by Crippen LogP contribution is 2.27. The number of nitrogens with zero attached hydrogens (tertiary/aromatic N) is 4. The predicted molar refractivity (Wildman–Crippen MR) is 69.0 cm³/mol. The van der Waals surface area contributed by atoms with Crippen molar-refractivity contribution < 1.29 is 4.52 Å². The van der Waals surface area contributed by atoms with Gasteiger partial charge in [0.15, 0.2) is 0 Å². The van der Waals surface area contributed by atoms with Crippen LogP contribution < -0.4 is 5.73 Å². The van der Waals surface area contributed by atoms with Crippen LogP contribution in [0.25, 0.3) is 22.8 Å². The first kappa shape index (κ1) is 11.4. The van der Waals surface area contributed by atoms with Crippen molar-refractivity contribution in [3.8, 4) is 22.8 Å². The van der Waals surface area contributed by atoms with Crippen LogP contribution >= 0.6 is 0 Å². The van der Waals surface area contributed by atoms with Crippen LogP contribution in [-0.4, -0.2) is 25.3 Å². The standard InChI is InChI=1S/C12H12N6O/c1-6-10(8-3-4-9(13)14-5-8)16-17-11(6)12-15-7(2)19-18-12/h3-5H,1-2H3,(H2,13,14)(H,16,17). The van der Waals surface area contributed by atoms with Gasteiger partial charge in [-0.3, -0.25) is 5.10 Å². The smallest absolute Gasteiger partial charge is 0.223 e. The van der Waals surface area contributed by atoms with Crippen molar-refractivity contribution in [2.45, 2.75) is 13.8 Å². The molecule has 7 heteroatoms. The fourth-order valence-electron chi connectivity index (χ4n) is 1.84. The summed E-state index contributed by atoms with van der Waals surface area (Å²) in [5.74, 6) is 1.49. The van der Waals surface area contributed by atoms with Gasteiger partial charge >= 0.3 is 0 Å². The third kappa shape index (κ3) is 1.95. The summed E-state index contributed by atoms with van der Waals surface area (Å²) in [7, 11) is 0. The summed E-state index contributed by atoms with van der Waals surface area (Å²) < 4.78 is 4.97. The van der Waals surface area contributed by atoms with E-state index in [1.54, 1.807) is 19.2 Å². The Morgan fingerprint density at radius 3 is 2.74 bits per heavy atom. The van der Waals surface area contributed by atoms with Crippen LogP contribution in [0.3, 0.4) is 0 Å². The second kappa shape index (κ2) is 4.20. The Kier molecular flexibility index (Phi) is 2.52. The van der Waals surface area contributed by atoms with E-state index in [1.165, 1.54) is 0 Å². The lowest BCUT2D eigenvalue weighted by Gasteiger charge is -1.98. The van der Waals surface area contributed by atoms with Gasteiger partial charge in [0.1, 0.15) is 11.5 Å². The van der Waals surface area contributed by atoms with E-state index >= 15 is 0 Å². The number of nitrogens with two attached hydrogens (primary N) is 1. The van der Waals surface area contributed by atoms with Crippen LogP contribution in [0.4, 0.5) is 5.82 Å². The zero-order chi connectivity index (χ0) is 13.4. The van der Waals surface area contributed by atoms with Crippen LogP contribution in [0.1, 0.15) is 11.5 Å². The monoisotopic (exact) mass is 256 g/mol. The number of hydrogen-bond acceptors (Lipinski definition) is 6. The van der Waals surface area contributed by atoms with Crippen molar-refractivity contribution in [3.63, 3.8) is 0 Å². The first-order valence-corrected chi connectivity index (χ1v) is 5.72. The van der Waals surface area contributed by atoms with E-state index in [1.807, 2.05) is 13.0 Å². The minimum Gasteiger partial charge on any atom is -0.384 e. The fraction of sp³-hybridized carbons (Fsp3) is 0.167. The molecule has 0 unspecified atom stereocenters. The van der Waals surface area contributed by atoms with E-state index in [0.29, 0.717) is 17.5 Å². The van der Waals surface area contributed by atoms with Crippen molar-refractivity contribution in [3.05, 3.63) is 29.8 Å². The van der Waals surface area contributed by atoms with Crippen LogP contribution in [0, 0.1) is 13.8 Å². The molecule has 0 saturated heterocycles. The second-order valence-corrected chi connectivity index (χ2v) is 4.18. The van der Waals surface area contributed by atoms with Gasteiger partial charge in [0.05, 0.1) is 5.69 Å². The molecule has 0 aliphatic carbocycles. The van der Waals surface area contributed by atoms with Gasteiger partial charge in [-0.15, -0.1) is 0 Å². The van der Waals surface area contributed by atoms with Crippen LogP contribution in [0.2, 0.25) is 0 Å². The third-order valence-electron chi connectivity index (χ3n) is 2.82. The van der Waals surface area contributed by atoms with E-state index in [2.05, 4.69) is 25.3 Å². The van der Waals surface area contributed by atoms with Crippen LogP contribution in [0.5, 0.6) is 0 Å². The van der Waals surface area contributed by atoms with E-state index in [-0.39, 0.29) is 0 Å². The minimum absolute atomic E-state index is 0.478. The lowest BCUT2D eigenvalue weighted by atomic mass is 10.1. The van der Waals surface area contributed by atoms with Gasteiger partial charge < -0.3 is 10.3 Å². The summed E-state index contributed by atoms with van der Waals surface area (Å²) in [6, 6.07) is 3.61. The number of nitrogen functional groups attached to an aromatic ring is 1.